The Kier molecular flexibility index (Phi) is 7.20. The van der Waals surface area contributed by atoms with E-state index < -0.39 is 0 Å². The largest absolute Gasteiger partial charge is 0.329 e. The van der Waals surface area contributed by atoms with E-state index in [1.807, 2.05) is 0 Å². The van der Waals surface area contributed by atoms with Gasteiger partial charge in [0.2, 0.25) is 0 Å². The first kappa shape index (κ1) is 15.9. The van der Waals surface area contributed by atoms with Gasteiger partial charge in [-0.15, -0.1) is 0 Å². The predicted molar refractivity (Wildman–Crippen MR) is 79.8 cm³/mol. The van der Waals surface area contributed by atoms with Crippen molar-refractivity contribution in [1.29, 1.82) is 0 Å². The van der Waals surface area contributed by atoms with E-state index in [4.69, 9.17) is 5.73 Å². The van der Waals surface area contributed by atoms with E-state index in [9.17, 15) is 0 Å². The Labute approximate surface area is 114 Å². The molecule has 2 unspecified atom stereocenters. The maximum Gasteiger partial charge on any atom is 0.0247 e. The van der Waals surface area contributed by atoms with Crippen molar-refractivity contribution in [3.8, 4) is 0 Å². The zero-order valence-corrected chi connectivity index (χ0v) is 12.9. The Balaban J connectivity index is 2.49. The summed E-state index contributed by atoms with van der Waals surface area (Å²) in [6.07, 6.45) is 3.76. The third-order valence-corrected chi connectivity index (χ3v) is 4.87. The van der Waals surface area contributed by atoms with Crippen LogP contribution in [-0.2, 0) is 0 Å². The maximum atomic E-state index is 6.02. The van der Waals surface area contributed by atoms with Crippen LogP contribution in [0, 0.1) is 5.92 Å². The fourth-order valence-corrected chi connectivity index (χ4v) is 3.24. The highest BCUT2D eigenvalue weighted by atomic mass is 15.3. The smallest absolute Gasteiger partial charge is 0.0247 e. The number of rotatable bonds is 7. The number of piperazine rings is 1. The van der Waals surface area contributed by atoms with Gasteiger partial charge in [-0.2, -0.15) is 0 Å². The second-order valence-electron chi connectivity index (χ2n) is 5.71. The van der Waals surface area contributed by atoms with Crippen LogP contribution in [0.15, 0.2) is 0 Å². The van der Waals surface area contributed by atoms with Crippen LogP contribution in [0.3, 0.4) is 0 Å². The van der Waals surface area contributed by atoms with Gasteiger partial charge in [-0.3, -0.25) is 9.80 Å². The highest BCUT2D eigenvalue weighted by Crippen LogP contribution is 2.20. The number of nitrogens with zero attached hydrogens (tertiary/aromatic N) is 2. The lowest BCUT2D eigenvalue weighted by Crippen LogP contribution is -2.56. The van der Waals surface area contributed by atoms with Crippen LogP contribution >= 0.6 is 0 Å². The van der Waals surface area contributed by atoms with E-state index in [1.165, 1.54) is 45.4 Å². The van der Waals surface area contributed by atoms with Crippen molar-refractivity contribution in [2.24, 2.45) is 11.7 Å². The lowest BCUT2D eigenvalue weighted by Gasteiger charge is -2.43. The molecule has 0 radical (unpaired) electrons. The van der Waals surface area contributed by atoms with Gasteiger partial charge in [-0.05, 0) is 19.3 Å². The Morgan fingerprint density at radius 2 is 1.39 bits per heavy atom. The molecule has 1 aliphatic rings. The van der Waals surface area contributed by atoms with Gasteiger partial charge in [0.05, 0.1) is 0 Å². The summed E-state index contributed by atoms with van der Waals surface area (Å²) in [7, 11) is 0. The van der Waals surface area contributed by atoms with Gasteiger partial charge in [0.1, 0.15) is 0 Å². The molecule has 18 heavy (non-hydrogen) atoms. The fraction of sp³-hybridized carbons (Fsp3) is 1.00. The van der Waals surface area contributed by atoms with Gasteiger partial charge in [0.15, 0.2) is 0 Å². The summed E-state index contributed by atoms with van der Waals surface area (Å²) in [4.78, 5) is 5.26. The minimum atomic E-state index is 0.596. The summed E-state index contributed by atoms with van der Waals surface area (Å²) in [5, 5.41) is 0. The molecule has 1 aliphatic heterocycles. The van der Waals surface area contributed by atoms with E-state index in [0.717, 1.165) is 18.5 Å². The van der Waals surface area contributed by atoms with Crippen LogP contribution in [-0.4, -0.2) is 54.6 Å². The lowest BCUT2D eigenvalue weighted by molar-refractivity contribution is 0.0525. The summed E-state index contributed by atoms with van der Waals surface area (Å²) in [6.45, 7) is 14.9. The van der Waals surface area contributed by atoms with Crippen LogP contribution in [0.4, 0.5) is 0 Å². The average molecular weight is 255 g/mol. The second-order valence-corrected chi connectivity index (χ2v) is 5.71. The summed E-state index contributed by atoms with van der Waals surface area (Å²) in [5.74, 6) is 0.769. The molecule has 0 spiro atoms. The quantitative estimate of drug-likeness (QED) is 0.757. The van der Waals surface area contributed by atoms with E-state index in [0.29, 0.717) is 6.04 Å². The van der Waals surface area contributed by atoms with Crippen molar-refractivity contribution in [3.63, 3.8) is 0 Å². The molecule has 0 aromatic carbocycles. The van der Waals surface area contributed by atoms with Crippen molar-refractivity contribution >= 4 is 0 Å². The van der Waals surface area contributed by atoms with Crippen LogP contribution in [0.2, 0.25) is 0 Å². The molecule has 2 N–H and O–H groups in total. The molecule has 0 aromatic heterocycles. The average Bonchev–Trinajstić information content (AvgIpc) is 2.44. The molecule has 1 rings (SSSR count). The number of hydrogen-bond acceptors (Lipinski definition) is 3. The van der Waals surface area contributed by atoms with E-state index in [-0.39, 0.29) is 0 Å². The SMILES string of the molecule is CCC(CC)C(CN)N1CCN(C(C)CC)CC1. The summed E-state index contributed by atoms with van der Waals surface area (Å²) in [5.41, 5.74) is 6.02. The molecule has 3 heteroatoms. The van der Waals surface area contributed by atoms with Crippen LogP contribution < -0.4 is 5.73 Å². The molecule has 0 bridgehead atoms. The lowest BCUT2D eigenvalue weighted by atomic mass is 9.92. The first-order valence-electron chi connectivity index (χ1n) is 7.85. The zero-order chi connectivity index (χ0) is 13.5. The summed E-state index contributed by atoms with van der Waals surface area (Å²) >= 11 is 0. The molecule has 0 saturated carbocycles. The van der Waals surface area contributed by atoms with Gasteiger partial charge in [-0.1, -0.05) is 33.6 Å². The maximum absolute atomic E-state index is 6.02. The highest BCUT2D eigenvalue weighted by Gasteiger charge is 2.28. The van der Waals surface area contributed by atoms with Gasteiger partial charge < -0.3 is 5.73 Å². The van der Waals surface area contributed by atoms with Gasteiger partial charge in [0.25, 0.3) is 0 Å². The zero-order valence-electron chi connectivity index (χ0n) is 12.9. The molecule has 1 heterocycles. The molecule has 0 amide bonds. The summed E-state index contributed by atoms with van der Waals surface area (Å²) < 4.78 is 0. The topological polar surface area (TPSA) is 32.5 Å². The second kappa shape index (κ2) is 8.13. The Hall–Kier alpha value is -0.120. The summed E-state index contributed by atoms with van der Waals surface area (Å²) in [6, 6.07) is 1.33. The van der Waals surface area contributed by atoms with Crippen molar-refractivity contribution < 1.29 is 0 Å². The molecular formula is C15H33N3. The minimum Gasteiger partial charge on any atom is -0.329 e. The molecule has 0 aromatic rings. The molecule has 1 fully saturated rings. The van der Waals surface area contributed by atoms with Gasteiger partial charge in [-0.25, -0.2) is 0 Å². The molecular weight excluding hydrogens is 222 g/mol. The van der Waals surface area contributed by atoms with Crippen molar-refractivity contribution in [2.45, 2.75) is 59.0 Å². The van der Waals surface area contributed by atoms with Crippen LogP contribution in [0.25, 0.3) is 0 Å². The minimum absolute atomic E-state index is 0.596. The highest BCUT2D eigenvalue weighted by molar-refractivity contribution is 4.84. The predicted octanol–water partition coefficient (Wildman–Crippen LogP) is 2.17. The van der Waals surface area contributed by atoms with E-state index >= 15 is 0 Å². The molecule has 1 saturated heterocycles. The first-order valence-corrected chi connectivity index (χ1v) is 7.85. The fourth-order valence-electron chi connectivity index (χ4n) is 3.24. The Bertz CT molecular complexity index is 208. The first-order chi connectivity index (χ1) is 8.67. The van der Waals surface area contributed by atoms with Crippen molar-refractivity contribution in [1.82, 2.24) is 9.80 Å². The Morgan fingerprint density at radius 1 is 0.889 bits per heavy atom. The molecule has 108 valence electrons. The molecule has 2 atom stereocenters. The van der Waals surface area contributed by atoms with Gasteiger partial charge >= 0.3 is 0 Å². The van der Waals surface area contributed by atoms with Gasteiger partial charge in [0, 0.05) is 44.8 Å². The normalized spacial score (nSPS) is 22.3. The van der Waals surface area contributed by atoms with Crippen LogP contribution in [0.5, 0.6) is 0 Å². The molecule has 0 aliphatic carbocycles. The van der Waals surface area contributed by atoms with Crippen LogP contribution in [0.1, 0.15) is 47.0 Å². The van der Waals surface area contributed by atoms with E-state index in [1.54, 1.807) is 0 Å². The third-order valence-electron chi connectivity index (χ3n) is 4.87. The monoisotopic (exact) mass is 255 g/mol. The molecule has 3 nitrogen and oxygen atoms in total. The van der Waals surface area contributed by atoms with Crippen molar-refractivity contribution in [3.05, 3.63) is 0 Å². The van der Waals surface area contributed by atoms with E-state index in [2.05, 4.69) is 37.5 Å². The third kappa shape index (κ3) is 3.94. The number of nitrogens with two attached hydrogens (primary N) is 1. The standard InChI is InChI=1S/C15H33N3/c1-5-13(4)17-8-10-18(11-9-17)15(12-16)14(6-2)7-3/h13-15H,5-12,16H2,1-4H3. The Morgan fingerprint density at radius 3 is 1.78 bits per heavy atom. The van der Waals surface area contributed by atoms with Crippen molar-refractivity contribution in [2.75, 3.05) is 32.7 Å². The number of hydrogen-bond donors (Lipinski definition) is 1.